The van der Waals surface area contributed by atoms with Gasteiger partial charge >= 0.3 is 0 Å². The fourth-order valence-corrected chi connectivity index (χ4v) is 5.21. The minimum atomic E-state index is -4.18. The first-order chi connectivity index (χ1) is 14.4. The number of anilines is 1. The fourth-order valence-electron chi connectivity index (χ4n) is 2.93. The molecule has 1 N–H and O–H groups in total. The van der Waals surface area contributed by atoms with E-state index >= 15 is 0 Å². The molecule has 0 bridgehead atoms. The highest BCUT2D eigenvalue weighted by molar-refractivity contribution is 7.92. The molecule has 0 amide bonds. The highest BCUT2D eigenvalue weighted by atomic mass is 32.2. The van der Waals surface area contributed by atoms with Crippen molar-refractivity contribution in [1.29, 1.82) is 0 Å². The summed E-state index contributed by atoms with van der Waals surface area (Å²) in [5.41, 5.74) is 1.38. The quantitative estimate of drug-likeness (QED) is 0.343. The number of hydrogen-bond donors (Lipinski definition) is 1. The molecule has 0 unspecified atom stereocenters. The van der Waals surface area contributed by atoms with E-state index in [1.165, 1.54) is 30.6 Å². The fraction of sp³-hybridized carbons (Fsp3) is 0.0500. The van der Waals surface area contributed by atoms with Crippen LogP contribution < -0.4 is 9.46 Å². The van der Waals surface area contributed by atoms with Crippen LogP contribution in [-0.2, 0) is 10.0 Å². The Bertz CT molecular complexity index is 1330. The van der Waals surface area contributed by atoms with Gasteiger partial charge in [-0.25, -0.2) is 13.4 Å². The maximum absolute atomic E-state index is 13.1. The number of nitrogens with one attached hydrogen (secondary N) is 1. The van der Waals surface area contributed by atoms with Crippen LogP contribution in [0.5, 0.6) is 5.75 Å². The van der Waals surface area contributed by atoms with Crippen molar-refractivity contribution < 1.29 is 18.1 Å². The van der Waals surface area contributed by atoms with E-state index in [0.717, 1.165) is 16.3 Å². The Balaban J connectivity index is 1.78. The number of aromatic nitrogens is 1. The number of sulfonamides is 1. The van der Waals surface area contributed by atoms with Gasteiger partial charge in [-0.15, -0.1) is 11.3 Å². The lowest BCUT2D eigenvalue weighted by molar-refractivity contribution is -0.385. The zero-order chi connectivity index (χ0) is 21.3. The third-order valence-electron chi connectivity index (χ3n) is 4.34. The molecule has 3 aromatic carbocycles. The second kappa shape index (κ2) is 7.73. The lowest BCUT2D eigenvalue weighted by Gasteiger charge is -2.13. The molecular weight excluding hydrogens is 426 g/mol. The maximum Gasteiger partial charge on any atom is 0.271 e. The molecule has 4 rings (SSSR count). The smallest absolute Gasteiger partial charge is 0.271 e. The second-order valence-electron chi connectivity index (χ2n) is 6.23. The molecule has 1 heterocycles. The zero-order valence-electron chi connectivity index (χ0n) is 15.6. The van der Waals surface area contributed by atoms with E-state index < -0.39 is 14.9 Å². The van der Waals surface area contributed by atoms with Crippen molar-refractivity contribution in [3.8, 4) is 16.3 Å². The monoisotopic (exact) mass is 441 g/mol. The number of methoxy groups -OCH3 is 1. The SMILES string of the molecule is COc1ccc([N+](=O)[O-])cc1S(=O)(=O)Nc1ccccc1-c1nc2ccccc2s1. The molecule has 0 aliphatic heterocycles. The van der Waals surface area contributed by atoms with E-state index in [9.17, 15) is 18.5 Å². The summed E-state index contributed by atoms with van der Waals surface area (Å²) in [5, 5.41) is 11.8. The summed E-state index contributed by atoms with van der Waals surface area (Å²) in [6.45, 7) is 0. The zero-order valence-corrected chi connectivity index (χ0v) is 17.2. The van der Waals surface area contributed by atoms with Gasteiger partial charge in [-0.1, -0.05) is 24.3 Å². The van der Waals surface area contributed by atoms with Crippen molar-refractivity contribution >= 4 is 43.0 Å². The molecule has 0 atom stereocenters. The van der Waals surface area contributed by atoms with Gasteiger partial charge in [0.25, 0.3) is 15.7 Å². The molecular formula is C20H15N3O5S2. The van der Waals surface area contributed by atoms with E-state index in [-0.39, 0.29) is 16.3 Å². The third kappa shape index (κ3) is 3.70. The Morgan fingerprint density at radius 1 is 1.07 bits per heavy atom. The molecule has 10 heteroatoms. The largest absolute Gasteiger partial charge is 0.495 e. The normalized spacial score (nSPS) is 11.4. The first-order valence-corrected chi connectivity index (χ1v) is 11.0. The summed E-state index contributed by atoms with van der Waals surface area (Å²) in [6, 6.07) is 17.9. The van der Waals surface area contributed by atoms with Crippen molar-refractivity contribution in [1.82, 2.24) is 4.98 Å². The predicted octanol–water partition coefficient (Wildman–Crippen LogP) is 4.68. The first kappa shape index (κ1) is 19.8. The van der Waals surface area contributed by atoms with E-state index in [4.69, 9.17) is 4.74 Å². The Hall–Kier alpha value is -3.50. The molecule has 4 aromatic rings. The van der Waals surface area contributed by atoms with Crippen molar-refractivity contribution in [3.05, 3.63) is 76.8 Å². The van der Waals surface area contributed by atoms with Gasteiger partial charge in [-0.3, -0.25) is 14.8 Å². The number of non-ortho nitro benzene ring substituents is 1. The van der Waals surface area contributed by atoms with Gasteiger partial charge in [0.05, 0.1) is 27.9 Å². The molecule has 0 aliphatic rings. The van der Waals surface area contributed by atoms with Crippen LogP contribution in [0.2, 0.25) is 0 Å². The van der Waals surface area contributed by atoms with Crippen molar-refractivity contribution in [2.24, 2.45) is 0 Å². The summed E-state index contributed by atoms with van der Waals surface area (Å²) >= 11 is 1.44. The van der Waals surface area contributed by atoms with Crippen LogP contribution in [-0.4, -0.2) is 25.4 Å². The predicted molar refractivity (Wildman–Crippen MR) is 116 cm³/mol. The highest BCUT2D eigenvalue weighted by Crippen LogP contribution is 2.36. The molecule has 30 heavy (non-hydrogen) atoms. The van der Waals surface area contributed by atoms with Gasteiger partial charge in [0.2, 0.25) is 0 Å². The summed E-state index contributed by atoms with van der Waals surface area (Å²) in [6.07, 6.45) is 0. The van der Waals surface area contributed by atoms with Gasteiger partial charge in [0, 0.05) is 17.7 Å². The summed E-state index contributed by atoms with van der Waals surface area (Å²) < 4.78 is 34.8. The Labute approximate surface area is 176 Å². The number of nitrogens with zero attached hydrogens (tertiary/aromatic N) is 2. The molecule has 0 radical (unpaired) electrons. The number of fused-ring (bicyclic) bond motifs is 1. The minimum Gasteiger partial charge on any atom is -0.495 e. The van der Waals surface area contributed by atoms with Crippen LogP contribution in [0.4, 0.5) is 11.4 Å². The number of thiazole rings is 1. The van der Waals surface area contributed by atoms with Gasteiger partial charge in [-0.05, 0) is 30.3 Å². The van der Waals surface area contributed by atoms with Gasteiger partial charge in [0.15, 0.2) is 0 Å². The Morgan fingerprint density at radius 3 is 2.53 bits per heavy atom. The van der Waals surface area contributed by atoms with Crippen molar-refractivity contribution in [2.75, 3.05) is 11.8 Å². The number of benzene rings is 3. The van der Waals surface area contributed by atoms with E-state index in [1.54, 1.807) is 24.3 Å². The number of rotatable bonds is 6. The highest BCUT2D eigenvalue weighted by Gasteiger charge is 2.24. The van der Waals surface area contributed by atoms with Crippen molar-refractivity contribution in [2.45, 2.75) is 4.90 Å². The molecule has 0 aliphatic carbocycles. The van der Waals surface area contributed by atoms with Crippen LogP contribution in [0.3, 0.4) is 0 Å². The lowest BCUT2D eigenvalue weighted by Crippen LogP contribution is -2.15. The van der Waals surface area contributed by atoms with Crippen LogP contribution in [0.1, 0.15) is 0 Å². The number of ether oxygens (including phenoxy) is 1. The van der Waals surface area contributed by atoms with Crippen LogP contribution in [0.25, 0.3) is 20.8 Å². The standard InChI is InChI=1S/C20H15N3O5S2/c1-28-17-11-10-13(23(24)25)12-19(17)30(26,27)22-15-7-3-2-6-14(15)20-21-16-8-4-5-9-18(16)29-20/h2-12,22H,1H3. The second-order valence-corrected chi connectivity index (χ2v) is 8.91. The Kier molecular flexibility index (Phi) is 5.10. The van der Waals surface area contributed by atoms with Crippen LogP contribution in [0, 0.1) is 10.1 Å². The average molecular weight is 441 g/mol. The summed E-state index contributed by atoms with van der Waals surface area (Å²) in [5.74, 6) is 0.00516. The lowest BCUT2D eigenvalue weighted by atomic mass is 10.2. The van der Waals surface area contributed by atoms with Crippen molar-refractivity contribution in [3.63, 3.8) is 0 Å². The topological polar surface area (TPSA) is 111 Å². The maximum atomic E-state index is 13.1. The van der Waals surface area contributed by atoms with Gasteiger partial charge in [-0.2, -0.15) is 0 Å². The third-order valence-corrected chi connectivity index (χ3v) is 6.80. The molecule has 0 saturated heterocycles. The summed E-state index contributed by atoms with van der Waals surface area (Å²) in [7, 11) is -2.87. The van der Waals surface area contributed by atoms with E-state index in [2.05, 4.69) is 9.71 Å². The number of nitro benzene ring substituents is 1. The van der Waals surface area contributed by atoms with Gasteiger partial charge in [0.1, 0.15) is 15.7 Å². The summed E-state index contributed by atoms with van der Waals surface area (Å²) in [4.78, 5) is 14.7. The number of hydrogen-bond acceptors (Lipinski definition) is 7. The average Bonchev–Trinajstić information content (AvgIpc) is 3.17. The molecule has 152 valence electrons. The number of para-hydroxylation sites is 2. The van der Waals surface area contributed by atoms with Crippen LogP contribution >= 0.6 is 11.3 Å². The van der Waals surface area contributed by atoms with E-state index in [1.807, 2.05) is 24.3 Å². The van der Waals surface area contributed by atoms with Crippen LogP contribution in [0.15, 0.2) is 71.6 Å². The first-order valence-electron chi connectivity index (χ1n) is 8.69. The molecule has 0 saturated carbocycles. The van der Waals surface area contributed by atoms with E-state index in [0.29, 0.717) is 16.3 Å². The molecule has 1 aromatic heterocycles. The molecule has 0 fully saturated rings. The Morgan fingerprint density at radius 2 is 1.80 bits per heavy atom. The molecule has 0 spiro atoms. The molecule has 8 nitrogen and oxygen atoms in total. The van der Waals surface area contributed by atoms with Gasteiger partial charge < -0.3 is 4.74 Å². The number of nitro groups is 1. The minimum absolute atomic E-state index is 0.00516.